The predicted molar refractivity (Wildman–Crippen MR) is 84.1 cm³/mol. The van der Waals surface area contributed by atoms with Crippen molar-refractivity contribution in [2.24, 2.45) is 11.8 Å². The second kappa shape index (κ2) is 7.44. The Morgan fingerprint density at radius 3 is 2.04 bits per heavy atom. The molecule has 0 saturated heterocycles. The van der Waals surface area contributed by atoms with Crippen LogP contribution >= 0.6 is 0 Å². The van der Waals surface area contributed by atoms with Gasteiger partial charge in [0.05, 0.1) is 18.9 Å². The minimum atomic E-state index is -0.966. The number of carbonyl (C=O) groups is 3. The van der Waals surface area contributed by atoms with Crippen LogP contribution in [0.25, 0.3) is 0 Å². The summed E-state index contributed by atoms with van der Waals surface area (Å²) in [7, 11) is 1.27. The third-order valence-electron chi connectivity index (χ3n) is 3.67. The first-order valence-electron chi connectivity index (χ1n) is 7.15. The lowest BCUT2D eigenvalue weighted by atomic mass is 9.82. The lowest BCUT2D eigenvalue weighted by molar-refractivity contribution is -0.146. The fourth-order valence-electron chi connectivity index (χ4n) is 2.42. The molecule has 1 aromatic rings. The number of rotatable bonds is 4. The van der Waals surface area contributed by atoms with E-state index in [-0.39, 0.29) is 5.91 Å². The summed E-state index contributed by atoms with van der Waals surface area (Å²) in [4.78, 5) is 34.6. The van der Waals surface area contributed by atoms with Gasteiger partial charge >= 0.3 is 12.1 Å². The zero-order valence-electron chi connectivity index (χ0n) is 12.6. The molecule has 2 rings (SSSR count). The summed E-state index contributed by atoms with van der Waals surface area (Å²) in [5, 5.41) is 14.4. The van der Waals surface area contributed by atoms with Gasteiger partial charge in [0.2, 0.25) is 5.91 Å². The summed E-state index contributed by atoms with van der Waals surface area (Å²) in [6, 6.07) is 6.47. The quantitative estimate of drug-likeness (QED) is 0.740. The van der Waals surface area contributed by atoms with Crippen molar-refractivity contribution in [2.75, 3.05) is 17.7 Å². The van der Waals surface area contributed by atoms with Crippen molar-refractivity contribution in [1.29, 1.82) is 0 Å². The molecule has 1 aromatic carbocycles. The number of hydrogen-bond donors (Lipinski definition) is 3. The van der Waals surface area contributed by atoms with Crippen LogP contribution in [-0.4, -0.2) is 30.2 Å². The average Bonchev–Trinajstić information content (AvgIpc) is 2.56. The molecule has 0 saturated carbocycles. The van der Waals surface area contributed by atoms with E-state index in [0.29, 0.717) is 24.2 Å². The maximum Gasteiger partial charge on any atom is 0.411 e. The van der Waals surface area contributed by atoms with Crippen LogP contribution in [0.1, 0.15) is 12.8 Å². The number of methoxy groups -OCH3 is 1. The van der Waals surface area contributed by atoms with Gasteiger partial charge in [-0.2, -0.15) is 0 Å². The highest BCUT2D eigenvalue weighted by Crippen LogP contribution is 2.27. The molecule has 0 radical (unpaired) electrons. The van der Waals surface area contributed by atoms with E-state index in [1.165, 1.54) is 7.11 Å². The standard InChI is InChI=1S/C16H18N2O5/c1-23-16(22)18-11-8-6-10(7-9-11)17-14(19)12-4-2-3-5-13(12)15(20)21/h2-3,6-9,12-13H,4-5H2,1H3,(H,17,19)(H,18,22)(H,20,21)/t12-,13+/m1/s1. The first kappa shape index (κ1) is 16.5. The summed E-state index contributed by atoms with van der Waals surface area (Å²) < 4.78 is 4.48. The van der Waals surface area contributed by atoms with Gasteiger partial charge in [-0.1, -0.05) is 12.2 Å². The Balaban J connectivity index is 2.00. The van der Waals surface area contributed by atoms with E-state index in [2.05, 4.69) is 15.4 Å². The van der Waals surface area contributed by atoms with Crippen LogP contribution in [0.4, 0.5) is 16.2 Å². The maximum atomic E-state index is 12.3. The highest BCUT2D eigenvalue weighted by molar-refractivity contribution is 5.95. The van der Waals surface area contributed by atoms with Crippen molar-refractivity contribution in [3.8, 4) is 0 Å². The van der Waals surface area contributed by atoms with E-state index in [1.54, 1.807) is 30.3 Å². The van der Waals surface area contributed by atoms with Gasteiger partial charge in [0.1, 0.15) is 0 Å². The van der Waals surface area contributed by atoms with E-state index < -0.39 is 23.9 Å². The van der Waals surface area contributed by atoms with E-state index in [9.17, 15) is 19.5 Å². The lowest BCUT2D eigenvalue weighted by Gasteiger charge is -2.24. The van der Waals surface area contributed by atoms with Crippen LogP contribution in [0.2, 0.25) is 0 Å². The van der Waals surface area contributed by atoms with Gasteiger partial charge in [-0.25, -0.2) is 4.79 Å². The van der Waals surface area contributed by atoms with Crippen molar-refractivity contribution >= 4 is 29.3 Å². The Morgan fingerprint density at radius 1 is 1.00 bits per heavy atom. The average molecular weight is 318 g/mol. The first-order valence-corrected chi connectivity index (χ1v) is 7.15. The van der Waals surface area contributed by atoms with Gasteiger partial charge in [0, 0.05) is 11.4 Å². The van der Waals surface area contributed by atoms with E-state index in [0.717, 1.165) is 0 Å². The van der Waals surface area contributed by atoms with Gasteiger partial charge < -0.3 is 15.2 Å². The number of carboxylic acid groups (broad SMARTS) is 1. The van der Waals surface area contributed by atoms with Gasteiger partial charge in [-0.3, -0.25) is 14.9 Å². The molecule has 0 heterocycles. The number of hydrogen-bond acceptors (Lipinski definition) is 4. The second-order valence-corrected chi connectivity index (χ2v) is 5.18. The van der Waals surface area contributed by atoms with Crippen LogP contribution in [-0.2, 0) is 14.3 Å². The van der Waals surface area contributed by atoms with Crippen molar-refractivity contribution in [1.82, 2.24) is 0 Å². The molecule has 0 bridgehead atoms. The van der Waals surface area contributed by atoms with Gasteiger partial charge in [-0.15, -0.1) is 0 Å². The zero-order valence-corrected chi connectivity index (χ0v) is 12.6. The molecule has 7 heteroatoms. The largest absolute Gasteiger partial charge is 0.481 e. The Labute approximate surface area is 133 Å². The molecule has 0 unspecified atom stereocenters. The number of nitrogens with one attached hydrogen (secondary N) is 2. The third-order valence-corrected chi connectivity index (χ3v) is 3.67. The Kier molecular flexibility index (Phi) is 5.35. The molecule has 3 N–H and O–H groups in total. The van der Waals surface area contributed by atoms with Crippen LogP contribution in [0, 0.1) is 11.8 Å². The monoisotopic (exact) mass is 318 g/mol. The summed E-state index contributed by atoms with van der Waals surface area (Å²) in [6.45, 7) is 0. The van der Waals surface area contributed by atoms with Crippen LogP contribution in [0.5, 0.6) is 0 Å². The topological polar surface area (TPSA) is 105 Å². The smallest absolute Gasteiger partial charge is 0.411 e. The maximum absolute atomic E-state index is 12.3. The predicted octanol–water partition coefficient (Wildman–Crippen LogP) is 2.47. The molecule has 1 aliphatic rings. The normalized spacial score (nSPS) is 19.7. The Hall–Kier alpha value is -2.83. The minimum absolute atomic E-state index is 0.324. The van der Waals surface area contributed by atoms with Crippen LogP contribution < -0.4 is 10.6 Å². The van der Waals surface area contributed by atoms with E-state index in [4.69, 9.17) is 0 Å². The summed E-state index contributed by atoms with van der Waals surface area (Å²) in [5.74, 6) is -2.59. The number of benzene rings is 1. The number of anilines is 2. The molecular formula is C16H18N2O5. The van der Waals surface area contributed by atoms with E-state index >= 15 is 0 Å². The fourth-order valence-corrected chi connectivity index (χ4v) is 2.42. The molecule has 2 amide bonds. The number of amides is 2. The summed E-state index contributed by atoms with van der Waals surface area (Å²) >= 11 is 0. The van der Waals surface area contributed by atoms with Crippen LogP contribution in [0.3, 0.4) is 0 Å². The number of ether oxygens (including phenoxy) is 1. The second-order valence-electron chi connectivity index (χ2n) is 5.18. The molecule has 122 valence electrons. The van der Waals surface area contributed by atoms with Gasteiger partial charge in [0.25, 0.3) is 0 Å². The van der Waals surface area contributed by atoms with Crippen molar-refractivity contribution < 1.29 is 24.2 Å². The van der Waals surface area contributed by atoms with Gasteiger partial charge in [-0.05, 0) is 37.1 Å². The van der Waals surface area contributed by atoms with Gasteiger partial charge in [0.15, 0.2) is 0 Å². The molecule has 23 heavy (non-hydrogen) atoms. The van der Waals surface area contributed by atoms with Crippen molar-refractivity contribution in [3.63, 3.8) is 0 Å². The third kappa shape index (κ3) is 4.32. The molecule has 0 spiro atoms. The summed E-state index contributed by atoms with van der Waals surface area (Å²) in [6.07, 6.45) is 3.79. The van der Waals surface area contributed by atoms with Crippen molar-refractivity contribution in [3.05, 3.63) is 36.4 Å². The number of allylic oxidation sites excluding steroid dienone is 2. The Morgan fingerprint density at radius 2 is 1.52 bits per heavy atom. The summed E-state index contributed by atoms with van der Waals surface area (Å²) in [5.41, 5.74) is 1.06. The Bertz CT molecular complexity index is 624. The van der Waals surface area contributed by atoms with E-state index in [1.807, 2.05) is 6.08 Å². The minimum Gasteiger partial charge on any atom is -0.481 e. The zero-order chi connectivity index (χ0) is 16.8. The number of aliphatic carboxylic acids is 1. The highest BCUT2D eigenvalue weighted by atomic mass is 16.5. The van der Waals surface area contributed by atoms with Crippen molar-refractivity contribution in [2.45, 2.75) is 12.8 Å². The first-order chi connectivity index (χ1) is 11.0. The molecule has 0 fully saturated rings. The number of carbonyl (C=O) groups excluding carboxylic acids is 2. The fraction of sp³-hybridized carbons (Fsp3) is 0.312. The molecule has 0 aromatic heterocycles. The molecule has 7 nitrogen and oxygen atoms in total. The molecule has 0 aliphatic heterocycles. The SMILES string of the molecule is COC(=O)Nc1ccc(NC(=O)[C@@H]2CC=CC[C@@H]2C(=O)O)cc1. The molecule has 1 aliphatic carbocycles. The van der Waals surface area contributed by atoms with Crippen LogP contribution in [0.15, 0.2) is 36.4 Å². The highest BCUT2D eigenvalue weighted by Gasteiger charge is 2.33. The molecule has 2 atom stereocenters. The lowest BCUT2D eigenvalue weighted by Crippen LogP contribution is -2.34. The molecular weight excluding hydrogens is 300 g/mol. The number of carboxylic acids is 1.